The first-order valence-corrected chi connectivity index (χ1v) is 8.45. The van der Waals surface area contributed by atoms with E-state index in [0.29, 0.717) is 25.1 Å². The molecule has 0 spiro atoms. The van der Waals surface area contributed by atoms with E-state index in [1.807, 2.05) is 54.0 Å². The smallest absolute Gasteiger partial charge is 0.341 e. The van der Waals surface area contributed by atoms with Gasteiger partial charge in [0.2, 0.25) is 0 Å². The fourth-order valence-corrected chi connectivity index (χ4v) is 3.12. The molecule has 132 valence electrons. The van der Waals surface area contributed by atoms with Crippen molar-refractivity contribution < 1.29 is 9.90 Å². The van der Waals surface area contributed by atoms with Crippen molar-refractivity contribution in [3.05, 3.63) is 99.2 Å². The van der Waals surface area contributed by atoms with Crippen molar-refractivity contribution in [1.29, 1.82) is 0 Å². The number of nitrogens with zero attached hydrogens (tertiary/aromatic N) is 2. The quantitative estimate of drug-likeness (QED) is 0.743. The van der Waals surface area contributed by atoms with Gasteiger partial charge in [0.25, 0.3) is 0 Å². The lowest BCUT2D eigenvalue weighted by molar-refractivity contribution is 0.0693. The Labute approximate surface area is 151 Å². The zero-order valence-corrected chi connectivity index (χ0v) is 14.6. The first kappa shape index (κ1) is 17.6. The fraction of sp³-hybridized carbons (Fsp3) is 0.190. The molecule has 0 unspecified atom stereocenters. The monoisotopic (exact) mass is 348 g/mol. The Morgan fingerprint density at radius 3 is 2.38 bits per heavy atom. The van der Waals surface area contributed by atoms with Gasteiger partial charge in [0.1, 0.15) is 5.56 Å². The average Bonchev–Trinajstić information content (AvgIpc) is 2.63. The maximum Gasteiger partial charge on any atom is 0.341 e. The second-order valence-corrected chi connectivity index (χ2v) is 6.20. The second kappa shape index (κ2) is 7.78. The number of benzene rings is 1. The van der Waals surface area contributed by atoms with Gasteiger partial charge in [-0.3, -0.25) is 9.78 Å². The molecule has 0 aliphatic carbocycles. The third kappa shape index (κ3) is 3.88. The van der Waals surface area contributed by atoms with Crippen LogP contribution >= 0.6 is 0 Å². The number of carboxylic acid groups (broad SMARTS) is 1. The van der Waals surface area contributed by atoms with Gasteiger partial charge in [0.05, 0.1) is 0 Å². The molecule has 0 saturated heterocycles. The molecule has 0 fully saturated rings. The van der Waals surface area contributed by atoms with Crippen LogP contribution in [0, 0.1) is 6.92 Å². The van der Waals surface area contributed by atoms with E-state index in [2.05, 4.69) is 4.98 Å². The number of carbonyl (C=O) groups is 1. The molecule has 1 aromatic carbocycles. The Morgan fingerprint density at radius 1 is 1.04 bits per heavy atom. The Hall–Kier alpha value is -3.21. The van der Waals surface area contributed by atoms with Crippen LogP contribution in [0.4, 0.5) is 0 Å². The maximum atomic E-state index is 12.3. The van der Waals surface area contributed by atoms with E-state index >= 15 is 0 Å². The van der Waals surface area contributed by atoms with E-state index in [1.54, 1.807) is 12.4 Å². The van der Waals surface area contributed by atoms with Crippen LogP contribution in [0.1, 0.15) is 32.9 Å². The zero-order chi connectivity index (χ0) is 18.5. The van der Waals surface area contributed by atoms with E-state index in [-0.39, 0.29) is 5.56 Å². The number of aromatic carboxylic acids is 1. The molecule has 5 heteroatoms. The topological polar surface area (TPSA) is 72.2 Å². The minimum atomic E-state index is -1.18. The van der Waals surface area contributed by atoms with Crippen LogP contribution in [0.5, 0.6) is 0 Å². The Bertz CT molecular complexity index is 964. The second-order valence-electron chi connectivity index (χ2n) is 6.20. The van der Waals surface area contributed by atoms with Gasteiger partial charge in [0, 0.05) is 36.4 Å². The molecule has 3 rings (SSSR count). The number of aryl methyl sites for hydroxylation is 2. The lowest BCUT2D eigenvalue weighted by Gasteiger charge is -2.19. The molecule has 0 aliphatic rings. The first-order valence-electron chi connectivity index (χ1n) is 8.45. The van der Waals surface area contributed by atoms with E-state index < -0.39 is 11.4 Å². The summed E-state index contributed by atoms with van der Waals surface area (Å²) in [5.74, 6) is -1.18. The summed E-state index contributed by atoms with van der Waals surface area (Å²) in [5, 5.41) is 9.60. The summed E-state index contributed by atoms with van der Waals surface area (Å²) in [4.78, 5) is 28.1. The third-order valence-corrected chi connectivity index (χ3v) is 4.42. The van der Waals surface area contributed by atoms with E-state index in [4.69, 9.17) is 0 Å². The molecule has 5 nitrogen and oxygen atoms in total. The SMILES string of the molecule is Cc1cc(=O)c(C(=O)O)c(CCc2ccccc2)n1Cc1ccncc1. The van der Waals surface area contributed by atoms with Crippen LogP contribution in [0.2, 0.25) is 0 Å². The summed E-state index contributed by atoms with van der Waals surface area (Å²) in [6.07, 6.45) is 4.55. The van der Waals surface area contributed by atoms with Crippen molar-refractivity contribution in [2.45, 2.75) is 26.3 Å². The predicted molar refractivity (Wildman–Crippen MR) is 99.6 cm³/mol. The number of hydrogen-bond acceptors (Lipinski definition) is 3. The number of carboxylic acids is 1. The molecule has 3 aromatic rings. The third-order valence-electron chi connectivity index (χ3n) is 4.42. The van der Waals surface area contributed by atoms with Gasteiger partial charge in [-0.05, 0) is 43.0 Å². The molecular weight excluding hydrogens is 328 g/mol. The molecule has 0 saturated carbocycles. The van der Waals surface area contributed by atoms with Crippen molar-refractivity contribution >= 4 is 5.97 Å². The molecule has 1 N–H and O–H groups in total. The van der Waals surface area contributed by atoms with Crippen LogP contribution in [0.15, 0.2) is 65.7 Å². The highest BCUT2D eigenvalue weighted by molar-refractivity contribution is 5.88. The van der Waals surface area contributed by atoms with Crippen LogP contribution in [0.25, 0.3) is 0 Å². The zero-order valence-electron chi connectivity index (χ0n) is 14.6. The summed E-state index contributed by atoms with van der Waals surface area (Å²) < 4.78 is 1.92. The van der Waals surface area contributed by atoms with Crippen molar-refractivity contribution in [3.8, 4) is 0 Å². The van der Waals surface area contributed by atoms with Crippen LogP contribution in [0.3, 0.4) is 0 Å². The van der Waals surface area contributed by atoms with Gasteiger partial charge in [-0.2, -0.15) is 0 Å². The number of aromatic nitrogens is 2. The highest BCUT2D eigenvalue weighted by atomic mass is 16.4. The van der Waals surface area contributed by atoms with Gasteiger partial charge in [-0.15, -0.1) is 0 Å². The standard InChI is InChI=1S/C21H20N2O3/c1-15-13-19(24)20(21(25)26)18(8-7-16-5-3-2-4-6-16)23(15)14-17-9-11-22-12-10-17/h2-6,9-13H,7-8,14H2,1H3,(H,25,26). The van der Waals surface area contributed by atoms with Gasteiger partial charge in [-0.1, -0.05) is 30.3 Å². The summed E-state index contributed by atoms with van der Waals surface area (Å²) in [6, 6.07) is 15.0. The summed E-state index contributed by atoms with van der Waals surface area (Å²) in [7, 11) is 0. The van der Waals surface area contributed by atoms with Crippen molar-refractivity contribution in [3.63, 3.8) is 0 Å². The van der Waals surface area contributed by atoms with Crippen LogP contribution < -0.4 is 5.43 Å². The van der Waals surface area contributed by atoms with Gasteiger partial charge in [0.15, 0.2) is 5.43 Å². The molecule has 0 atom stereocenters. The minimum absolute atomic E-state index is 0.138. The highest BCUT2D eigenvalue weighted by Gasteiger charge is 2.19. The van der Waals surface area contributed by atoms with Crippen molar-refractivity contribution in [2.24, 2.45) is 0 Å². The molecule has 2 heterocycles. The van der Waals surface area contributed by atoms with Crippen LogP contribution in [-0.2, 0) is 19.4 Å². The minimum Gasteiger partial charge on any atom is -0.477 e. The molecular formula is C21H20N2O3. The highest BCUT2D eigenvalue weighted by Crippen LogP contribution is 2.15. The number of pyridine rings is 2. The molecule has 0 radical (unpaired) electrons. The Morgan fingerprint density at radius 2 is 1.73 bits per heavy atom. The average molecular weight is 348 g/mol. The molecule has 0 amide bonds. The molecule has 0 aliphatic heterocycles. The van der Waals surface area contributed by atoms with E-state index in [9.17, 15) is 14.7 Å². The number of hydrogen-bond donors (Lipinski definition) is 1. The lowest BCUT2D eigenvalue weighted by atomic mass is 10.0. The molecule has 0 bridgehead atoms. The van der Waals surface area contributed by atoms with E-state index in [1.165, 1.54) is 6.07 Å². The molecule has 2 aromatic heterocycles. The fourth-order valence-electron chi connectivity index (χ4n) is 3.12. The normalized spacial score (nSPS) is 10.7. The van der Waals surface area contributed by atoms with Gasteiger partial charge < -0.3 is 9.67 Å². The first-order chi connectivity index (χ1) is 12.6. The summed E-state index contributed by atoms with van der Waals surface area (Å²) >= 11 is 0. The maximum absolute atomic E-state index is 12.3. The Kier molecular flexibility index (Phi) is 5.27. The Balaban J connectivity index is 2.05. The lowest BCUT2D eigenvalue weighted by Crippen LogP contribution is -2.25. The van der Waals surface area contributed by atoms with Crippen LogP contribution in [-0.4, -0.2) is 20.6 Å². The van der Waals surface area contributed by atoms with Gasteiger partial charge in [-0.25, -0.2) is 4.79 Å². The van der Waals surface area contributed by atoms with Gasteiger partial charge >= 0.3 is 5.97 Å². The predicted octanol–water partition coefficient (Wildman–Crippen LogP) is 3.08. The van der Waals surface area contributed by atoms with Crippen molar-refractivity contribution in [1.82, 2.24) is 9.55 Å². The largest absolute Gasteiger partial charge is 0.477 e. The summed E-state index contributed by atoms with van der Waals surface area (Å²) in [5.41, 5.74) is 2.84. The van der Waals surface area contributed by atoms with E-state index in [0.717, 1.165) is 16.8 Å². The number of rotatable bonds is 6. The summed E-state index contributed by atoms with van der Waals surface area (Å²) in [6.45, 7) is 2.33. The van der Waals surface area contributed by atoms with Crippen molar-refractivity contribution in [2.75, 3.05) is 0 Å². The molecule has 26 heavy (non-hydrogen) atoms.